The first-order chi connectivity index (χ1) is 7.38. The van der Waals surface area contributed by atoms with Crippen molar-refractivity contribution in [1.82, 2.24) is 0 Å². The van der Waals surface area contributed by atoms with E-state index in [4.69, 9.17) is 9.47 Å². The molecule has 16 heavy (non-hydrogen) atoms. The number of esters is 2. The van der Waals surface area contributed by atoms with E-state index in [0.717, 1.165) is 19.3 Å². The standard InChI is InChI=1S/C12H20O4/c1-11(9(13)15-3)6-5-7-12(2,8-11)10(14)16-4/h5-8H2,1-4H3/t11-,12-/m1/s1. The second kappa shape index (κ2) is 4.44. The number of rotatable bonds is 2. The van der Waals surface area contributed by atoms with Gasteiger partial charge in [0.1, 0.15) is 0 Å². The van der Waals surface area contributed by atoms with Gasteiger partial charge < -0.3 is 9.47 Å². The molecule has 1 rings (SSSR count). The molecular weight excluding hydrogens is 208 g/mol. The van der Waals surface area contributed by atoms with Gasteiger partial charge in [0.25, 0.3) is 0 Å². The largest absolute Gasteiger partial charge is 0.469 e. The number of ether oxygens (including phenoxy) is 2. The molecule has 0 radical (unpaired) electrons. The van der Waals surface area contributed by atoms with Crippen LogP contribution in [0.4, 0.5) is 0 Å². The summed E-state index contributed by atoms with van der Waals surface area (Å²) in [6.07, 6.45) is 2.88. The smallest absolute Gasteiger partial charge is 0.311 e. The fraction of sp³-hybridized carbons (Fsp3) is 0.833. The summed E-state index contributed by atoms with van der Waals surface area (Å²) in [4.78, 5) is 23.4. The maximum atomic E-state index is 11.7. The summed E-state index contributed by atoms with van der Waals surface area (Å²) >= 11 is 0. The predicted octanol–water partition coefficient (Wildman–Crippen LogP) is 1.92. The molecule has 0 amide bonds. The van der Waals surface area contributed by atoms with Gasteiger partial charge in [-0.3, -0.25) is 9.59 Å². The maximum Gasteiger partial charge on any atom is 0.311 e. The zero-order valence-corrected chi connectivity index (χ0v) is 10.5. The minimum absolute atomic E-state index is 0.234. The van der Waals surface area contributed by atoms with Gasteiger partial charge in [0.15, 0.2) is 0 Å². The Balaban J connectivity index is 2.88. The minimum Gasteiger partial charge on any atom is -0.469 e. The average Bonchev–Trinajstić information content (AvgIpc) is 2.26. The maximum absolute atomic E-state index is 11.7. The lowest BCUT2D eigenvalue weighted by molar-refractivity contribution is -0.164. The lowest BCUT2D eigenvalue weighted by Gasteiger charge is -2.40. The van der Waals surface area contributed by atoms with Crippen LogP contribution in [0.2, 0.25) is 0 Å². The Morgan fingerprint density at radius 1 is 0.938 bits per heavy atom. The Labute approximate surface area is 96.3 Å². The number of carbonyl (C=O) groups is 2. The van der Waals surface area contributed by atoms with Crippen LogP contribution in [0.15, 0.2) is 0 Å². The quantitative estimate of drug-likeness (QED) is 0.677. The number of hydrogen-bond donors (Lipinski definition) is 0. The lowest BCUT2D eigenvalue weighted by atomic mass is 9.63. The van der Waals surface area contributed by atoms with E-state index in [0.29, 0.717) is 6.42 Å². The van der Waals surface area contributed by atoms with Crippen molar-refractivity contribution in [3.05, 3.63) is 0 Å². The summed E-state index contributed by atoms with van der Waals surface area (Å²) < 4.78 is 9.62. The third kappa shape index (κ3) is 2.20. The van der Waals surface area contributed by atoms with Crippen molar-refractivity contribution in [2.75, 3.05) is 14.2 Å². The number of carbonyl (C=O) groups excluding carboxylic acids is 2. The molecule has 4 nitrogen and oxygen atoms in total. The van der Waals surface area contributed by atoms with E-state index in [1.807, 2.05) is 13.8 Å². The Kier molecular flexibility index (Phi) is 3.61. The summed E-state index contributed by atoms with van der Waals surface area (Å²) in [5, 5.41) is 0. The third-order valence-electron chi connectivity index (χ3n) is 3.59. The van der Waals surface area contributed by atoms with Crippen LogP contribution in [0.3, 0.4) is 0 Å². The molecule has 0 spiro atoms. The first-order valence-corrected chi connectivity index (χ1v) is 5.55. The SMILES string of the molecule is COC(=O)[C@]1(C)CCC[C@@](C)(C(=O)OC)C1. The molecule has 0 aromatic rings. The van der Waals surface area contributed by atoms with Crippen LogP contribution in [-0.2, 0) is 19.1 Å². The zero-order valence-electron chi connectivity index (χ0n) is 10.5. The summed E-state index contributed by atoms with van der Waals surface area (Å²) in [5.41, 5.74) is -1.12. The van der Waals surface area contributed by atoms with E-state index >= 15 is 0 Å². The van der Waals surface area contributed by atoms with Gasteiger partial charge in [-0.2, -0.15) is 0 Å². The van der Waals surface area contributed by atoms with Crippen molar-refractivity contribution in [2.24, 2.45) is 10.8 Å². The summed E-state index contributed by atoms with van der Waals surface area (Å²) in [6, 6.07) is 0. The molecular formula is C12H20O4. The van der Waals surface area contributed by atoms with E-state index < -0.39 is 10.8 Å². The summed E-state index contributed by atoms with van der Waals surface area (Å²) in [7, 11) is 2.77. The van der Waals surface area contributed by atoms with Crippen LogP contribution < -0.4 is 0 Å². The molecule has 0 aliphatic heterocycles. The monoisotopic (exact) mass is 228 g/mol. The van der Waals surface area contributed by atoms with Gasteiger partial charge in [0, 0.05) is 0 Å². The van der Waals surface area contributed by atoms with E-state index in [1.165, 1.54) is 14.2 Å². The molecule has 2 atom stereocenters. The highest BCUT2D eigenvalue weighted by Gasteiger charge is 2.48. The normalized spacial score (nSPS) is 34.2. The molecule has 1 saturated carbocycles. The molecule has 1 fully saturated rings. The van der Waals surface area contributed by atoms with Gasteiger partial charge in [-0.05, 0) is 33.1 Å². The van der Waals surface area contributed by atoms with E-state index in [9.17, 15) is 9.59 Å². The van der Waals surface area contributed by atoms with Crippen LogP contribution in [0, 0.1) is 10.8 Å². The second-order valence-corrected chi connectivity index (χ2v) is 5.13. The van der Waals surface area contributed by atoms with Gasteiger partial charge in [-0.25, -0.2) is 0 Å². The minimum atomic E-state index is -0.560. The van der Waals surface area contributed by atoms with Crippen LogP contribution in [0.25, 0.3) is 0 Å². The molecule has 92 valence electrons. The highest BCUT2D eigenvalue weighted by Crippen LogP contribution is 2.47. The van der Waals surface area contributed by atoms with Crippen molar-refractivity contribution in [3.63, 3.8) is 0 Å². The van der Waals surface area contributed by atoms with Gasteiger partial charge >= 0.3 is 11.9 Å². The topological polar surface area (TPSA) is 52.6 Å². The highest BCUT2D eigenvalue weighted by atomic mass is 16.5. The predicted molar refractivity (Wildman–Crippen MR) is 58.7 cm³/mol. The Hall–Kier alpha value is -1.06. The molecule has 0 saturated heterocycles. The third-order valence-corrected chi connectivity index (χ3v) is 3.59. The average molecular weight is 228 g/mol. The number of hydrogen-bond acceptors (Lipinski definition) is 4. The van der Waals surface area contributed by atoms with Crippen LogP contribution in [0.1, 0.15) is 39.5 Å². The molecule has 4 heteroatoms. The van der Waals surface area contributed by atoms with Gasteiger partial charge in [0.05, 0.1) is 25.0 Å². The molecule has 0 aromatic heterocycles. The van der Waals surface area contributed by atoms with Crippen LogP contribution >= 0.6 is 0 Å². The fourth-order valence-corrected chi connectivity index (χ4v) is 2.75. The molecule has 0 aromatic carbocycles. The highest BCUT2D eigenvalue weighted by molar-refractivity contribution is 5.81. The first kappa shape index (κ1) is 13.0. The molecule has 1 aliphatic carbocycles. The van der Waals surface area contributed by atoms with Crippen molar-refractivity contribution < 1.29 is 19.1 Å². The van der Waals surface area contributed by atoms with Crippen molar-refractivity contribution in [3.8, 4) is 0 Å². The Bertz CT molecular complexity index is 271. The van der Waals surface area contributed by atoms with Crippen LogP contribution in [0.5, 0.6) is 0 Å². The van der Waals surface area contributed by atoms with Crippen molar-refractivity contribution in [2.45, 2.75) is 39.5 Å². The van der Waals surface area contributed by atoms with Gasteiger partial charge in [0.2, 0.25) is 0 Å². The van der Waals surface area contributed by atoms with E-state index in [-0.39, 0.29) is 11.9 Å². The zero-order chi connectivity index (χ0) is 12.4. The molecule has 1 aliphatic rings. The molecule has 0 bridgehead atoms. The Morgan fingerprint density at radius 2 is 1.31 bits per heavy atom. The number of methoxy groups -OCH3 is 2. The molecule has 0 heterocycles. The summed E-state index contributed by atoms with van der Waals surface area (Å²) in [5.74, 6) is -0.468. The lowest BCUT2D eigenvalue weighted by Crippen LogP contribution is -2.43. The van der Waals surface area contributed by atoms with Crippen molar-refractivity contribution in [1.29, 1.82) is 0 Å². The van der Waals surface area contributed by atoms with Crippen molar-refractivity contribution >= 4 is 11.9 Å². The second-order valence-electron chi connectivity index (χ2n) is 5.13. The molecule has 0 N–H and O–H groups in total. The molecule has 0 unspecified atom stereocenters. The van der Waals surface area contributed by atoms with Gasteiger partial charge in [-0.15, -0.1) is 0 Å². The Morgan fingerprint density at radius 3 is 1.62 bits per heavy atom. The van der Waals surface area contributed by atoms with E-state index in [1.54, 1.807) is 0 Å². The van der Waals surface area contributed by atoms with E-state index in [2.05, 4.69) is 0 Å². The van der Waals surface area contributed by atoms with Crippen LogP contribution in [-0.4, -0.2) is 26.2 Å². The van der Waals surface area contributed by atoms with Gasteiger partial charge in [-0.1, -0.05) is 6.42 Å². The fourth-order valence-electron chi connectivity index (χ4n) is 2.75. The summed E-state index contributed by atoms with van der Waals surface area (Å²) in [6.45, 7) is 3.72. The first-order valence-electron chi connectivity index (χ1n) is 5.55.